The second-order valence-corrected chi connectivity index (χ2v) is 7.28. The number of rotatable bonds is 3. The molecule has 3 amide bonds. The fourth-order valence-corrected chi connectivity index (χ4v) is 3.92. The summed E-state index contributed by atoms with van der Waals surface area (Å²) in [4.78, 5) is 40.6. The zero-order chi connectivity index (χ0) is 20.5. The van der Waals surface area contributed by atoms with E-state index in [-0.39, 0.29) is 30.7 Å². The van der Waals surface area contributed by atoms with Gasteiger partial charge in [-0.2, -0.15) is 0 Å². The predicted molar refractivity (Wildman–Crippen MR) is 103 cm³/mol. The van der Waals surface area contributed by atoms with Crippen LogP contribution in [-0.4, -0.2) is 81.6 Å². The van der Waals surface area contributed by atoms with Crippen LogP contribution in [0.25, 0.3) is 0 Å². The van der Waals surface area contributed by atoms with Crippen LogP contribution in [0, 0.1) is 0 Å². The van der Waals surface area contributed by atoms with Crippen molar-refractivity contribution in [1.29, 1.82) is 0 Å². The molecule has 1 aromatic rings. The smallest absolute Gasteiger partial charge is 0.414 e. The third-order valence-electron chi connectivity index (χ3n) is 5.36. The van der Waals surface area contributed by atoms with Gasteiger partial charge in [0.15, 0.2) is 0 Å². The number of carbonyl (C=O) groups excluding carboxylic acids is 3. The Kier molecular flexibility index (Phi) is 5.08. The Morgan fingerprint density at radius 2 is 2.10 bits per heavy atom. The van der Waals surface area contributed by atoms with Crippen LogP contribution < -0.4 is 19.9 Å². The molecular formula is C19H24N4O6. The van der Waals surface area contributed by atoms with Gasteiger partial charge in [-0.25, -0.2) is 9.59 Å². The lowest BCUT2D eigenvalue weighted by atomic mass is 10.1. The lowest BCUT2D eigenvalue weighted by molar-refractivity contribution is -0.119. The number of cyclic esters (lactones) is 1. The minimum absolute atomic E-state index is 0.0555. The molecule has 3 heterocycles. The quantitative estimate of drug-likeness (QED) is 0.795. The highest BCUT2D eigenvalue weighted by Crippen LogP contribution is 2.39. The molecule has 3 aliphatic rings. The molecule has 156 valence electrons. The number of nitrogens with one attached hydrogen (secondary N) is 1. The van der Waals surface area contributed by atoms with E-state index in [4.69, 9.17) is 14.2 Å². The number of fused-ring (bicyclic) bond motifs is 3. The van der Waals surface area contributed by atoms with E-state index >= 15 is 0 Å². The van der Waals surface area contributed by atoms with Crippen LogP contribution in [-0.2, 0) is 14.3 Å². The van der Waals surface area contributed by atoms with Gasteiger partial charge in [0.05, 0.1) is 37.6 Å². The molecule has 4 rings (SSSR count). The molecular weight excluding hydrogens is 380 g/mol. The third-order valence-corrected chi connectivity index (χ3v) is 5.36. The fraction of sp³-hybridized carbons (Fsp3) is 0.526. The first kappa shape index (κ1) is 19.2. The van der Waals surface area contributed by atoms with E-state index in [1.807, 2.05) is 18.2 Å². The molecule has 2 unspecified atom stereocenters. The summed E-state index contributed by atoms with van der Waals surface area (Å²) < 4.78 is 16.1. The molecule has 10 heteroatoms. The number of hydrogen-bond acceptors (Lipinski definition) is 7. The standard InChI is InChI=1S/C19H24N4O6/c1-12(24)20-8-15-10-23(19(26)29-15)13-3-4-16-17(7-13)28-11-14-9-21(18(25)27-2)5-6-22(14)16/h3-4,7,14-15H,5-6,8-11H2,1-2H3,(H,20,24). The molecule has 2 saturated heterocycles. The van der Waals surface area contributed by atoms with Gasteiger partial charge in [0.1, 0.15) is 18.5 Å². The van der Waals surface area contributed by atoms with Gasteiger partial charge in [0.25, 0.3) is 0 Å². The van der Waals surface area contributed by atoms with Crippen molar-refractivity contribution in [2.45, 2.75) is 19.1 Å². The first-order valence-electron chi connectivity index (χ1n) is 9.55. The Morgan fingerprint density at radius 3 is 2.86 bits per heavy atom. The van der Waals surface area contributed by atoms with Crippen LogP contribution in [0.1, 0.15) is 6.92 Å². The van der Waals surface area contributed by atoms with Crippen molar-refractivity contribution in [2.24, 2.45) is 0 Å². The number of ether oxygens (including phenoxy) is 3. The molecule has 10 nitrogen and oxygen atoms in total. The van der Waals surface area contributed by atoms with Gasteiger partial charge in [-0.15, -0.1) is 0 Å². The summed E-state index contributed by atoms with van der Waals surface area (Å²) in [6.45, 7) is 4.31. The third kappa shape index (κ3) is 3.74. The van der Waals surface area contributed by atoms with Crippen LogP contribution in [0.15, 0.2) is 18.2 Å². The highest BCUT2D eigenvalue weighted by molar-refractivity contribution is 5.90. The Morgan fingerprint density at radius 1 is 1.28 bits per heavy atom. The average molecular weight is 404 g/mol. The summed E-state index contributed by atoms with van der Waals surface area (Å²) in [6, 6.07) is 5.68. The van der Waals surface area contributed by atoms with Crippen LogP contribution in [0.5, 0.6) is 5.75 Å². The van der Waals surface area contributed by atoms with Crippen molar-refractivity contribution in [3.8, 4) is 5.75 Å². The van der Waals surface area contributed by atoms with Crippen molar-refractivity contribution in [2.75, 3.05) is 56.2 Å². The van der Waals surface area contributed by atoms with Crippen molar-refractivity contribution in [3.05, 3.63) is 18.2 Å². The number of anilines is 2. The van der Waals surface area contributed by atoms with E-state index in [0.717, 1.165) is 5.69 Å². The number of nitrogens with zero attached hydrogens (tertiary/aromatic N) is 3. The summed E-state index contributed by atoms with van der Waals surface area (Å²) in [5, 5.41) is 2.67. The Bertz CT molecular complexity index is 831. The molecule has 1 aromatic carbocycles. The van der Waals surface area contributed by atoms with E-state index in [9.17, 15) is 14.4 Å². The number of hydrogen-bond donors (Lipinski definition) is 1. The van der Waals surface area contributed by atoms with Gasteiger partial charge in [-0.1, -0.05) is 0 Å². The largest absolute Gasteiger partial charge is 0.489 e. The Balaban J connectivity index is 1.46. The van der Waals surface area contributed by atoms with Crippen molar-refractivity contribution in [3.63, 3.8) is 0 Å². The van der Waals surface area contributed by atoms with Crippen LogP contribution in [0.2, 0.25) is 0 Å². The molecule has 0 aliphatic carbocycles. The number of carbonyl (C=O) groups is 3. The second-order valence-electron chi connectivity index (χ2n) is 7.28. The van der Waals surface area contributed by atoms with E-state index in [2.05, 4.69) is 10.2 Å². The van der Waals surface area contributed by atoms with Gasteiger partial charge in [-0.3, -0.25) is 9.69 Å². The fourth-order valence-electron chi connectivity index (χ4n) is 3.92. The normalized spacial score (nSPS) is 23.0. The van der Waals surface area contributed by atoms with Gasteiger partial charge >= 0.3 is 12.2 Å². The molecule has 0 radical (unpaired) electrons. The Hall–Kier alpha value is -3.17. The highest BCUT2D eigenvalue weighted by Gasteiger charge is 2.37. The second kappa shape index (κ2) is 7.69. The van der Waals surface area contributed by atoms with Crippen molar-refractivity contribution >= 4 is 29.5 Å². The van der Waals surface area contributed by atoms with Crippen molar-refractivity contribution < 1.29 is 28.6 Å². The summed E-state index contributed by atoms with van der Waals surface area (Å²) in [6.07, 6.45) is -1.16. The van der Waals surface area contributed by atoms with Gasteiger partial charge in [0.2, 0.25) is 5.91 Å². The van der Waals surface area contributed by atoms with Crippen molar-refractivity contribution in [1.82, 2.24) is 10.2 Å². The lowest BCUT2D eigenvalue weighted by Crippen LogP contribution is -2.58. The molecule has 0 bridgehead atoms. The number of amides is 3. The van der Waals surface area contributed by atoms with Gasteiger partial charge in [0, 0.05) is 32.6 Å². The molecule has 2 atom stereocenters. The van der Waals surface area contributed by atoms with Gasteiger partial charge in [-0.05, 0) is 12.1 Å². The number of benzene rings is 1. The molecule has 2 fully saturated rings. The van der Waals surface area contributed by atoms with Crippen LogP contribution in [0.4, 0.5) is 21.0 Å². The lowest BCUT2D eigenvalue weighted by Gasteiger charge is -2.45. The zero-order valence-electron chi connectivity index (χ0n) is 16.4. The monoisotopic (exact) mass is 404 g/mol. The molecule has 0 aromatic heterocycles. The first-order chi connectivity index (χ1) is 14.0. The first-order valence-corrected chi connectivity index (χ1v) is 9.55. The number of methoxy groups -OCH3 is 1. The maximum Gasteiger partial charge on any atom is 0.414 e. The van der Waals surface area contributed by atoms with E-state index in [1.54, 1.807) is 4.90 Å². The highest BCUT2D eigenvalue weighted by atomic mass is 16.6. The van der Waals surface area contributed by atoms with Gasteiger partial charge < -0.3 is 29.3 Å². The SMILES string of the molecule is COC(=O)N1CCN2c3ccc(N4CC(CNC(C)=O)OC4=O)cc3OCC2C1. The summed E-state index contributed by atoms with van der Waals surface area (Å²) in [7, 11) is 1.38. The topological polar surface area (TPSA) is 101 Å². The Labute approximate surface area is 168 Å². The molecule has 0 saturated carbocycles. The molecule has 0 spiro atoms. The average Bonchev–Trinajstić information content (AvgIpc) is 3.11. The molecule has 3 aliphatic heterocycles. The predicted octanol–water partition coefficient (Wildman–Crippen LogP) is 0.797. The van der Waals surface area contributed by atoms with E-state index in [0.29, 0.717) is 44.2 Å². The maximum atomic E-state index is 12.2. The summed E-state index contributed by atoms with van der Waals surface area (Å²) in [5.74, 6) is 0.534. The van der Waals surface area contributed by atoms with E-state index < -0.39 is 6.09 Å². The minimum Gasteiger partial charge on any atom is -0.489 e. The molecule has 29 heavy (non-hydrogen) atoms. The summed E-state index contributed by atoms with van der Waals surface area (Å²) in [5.41, 5.74) is 1.63. The van der Waals surface area contributed by atoms with Crippen LogP contribution >= 0.6 is 0 Å². The number of piperazine rings is 1. The minimum atomic E-state index is -0.444. The summed E-state index contributed by atoms with van der Waals surface area (Å²) >= 11 is 0. The maximum absolute atomic E-state index is 12.2. The van der Waals surface area contributed by atoms with Crippen LogP contribution in [0.3, 0.4) is 0 Å². The zero-order valence-corrected chi connectivity index (χ0v) is 16.4. The molecule has 1 N–H and O–H groups in total. The van der Waals surface area contributed by atoms with E-state index in [1.165, 1.54) is 18.9 Å².